The first-order valence-corrected chi connectivity index (χ1v) is 18.1. The second-order valence-corrected chi connectivity index (χ2v) is 14.5. The highest BCUT2D eigenvalue weighted by atomic mass is 79.9. The minimum atomic E-state index is -3.39. The zero-order valence-corrected chi connectivity index (χ0v) is 28.3. The van der Waals surface area contributed by atoms with E-state index < -0.39 is 9.84 Å². The molecule has 3 heterocycles. The van der Waals surface area contributed by atoms with Gasteiger partial charge in [0.2, 0.25) is 0 Å². The molecule has 0 aliphatic rings. The Morgan fingerprint density at radius 2 is 1.85 bits per heavy atom. The maximum absolute atomic E-state index is 13.5. The molecular formula is C34H30BrFN6O3S2. The van der Waals surface area contributed by atoms with Crippen LogP contribution in [0, 0.1) is 5.82 Å². The van der Waals surface area contributed by atoms with E-state index >= 15 is 0 Å². The van der Waals surface area contributed by atoms with Crippen LogP contribution in [0.25, 0.3) is 22.2 Å². The van der Waals surface area contributed by atoms with E-state index in [2.05, 4.69) is 41.5 Å². The second-order valence-electron chi connectivity index (χ2n) is 10.6. The third-order valence-corrected chi connectivity index (χ3v) is 10.4. The second kappa shape index (κ2) is 15.1. The molecule has 0 radical (unpaired) electrons. The SMILES string of the molecule is O=S(=O)(CCNCCCc1nc(-c2ccc3ncnc(Nc4ccc(OCc5cccc(F)c5)c(Br)c4)c3c2)cs1)c1ccccn1. The predicted molar refractivity (Wildman–Crippen MR) is 186 cm³/mol. The number of aromatic nitrogens is 4. The molecule has 0 atom stereocenters. The molecule has 0 spiro atoms. The van der Waals surface area contributed by atoms with Gasteiger partial charge in [0, 0.05) is 41.2 Å². The van der Waals surface area contributed by atoms with Crippen molar-refractivity contribution < 1.29 is 17.5 Å². The van der Waals surface area contributed by atoms with Crippen molar-refractivity contribution in [3.05, 3.63) is 118 Å². The molecule has 0 saturated carbocycles. The number of halogens is 2. The van der Waals surface area contributed by atoms with Crippen LogP contribution in [0.4, 0.5) is 15.9 Å². The molecule has 47 heavy (non-hydrogen) atoms. The maximum Gasteiger partial charge on any atom is 0.196 e. The summed E-state index contributed by atoms with van der Waals surface area (Å²) in [6.07, 6.45) is 4.63. The molecule has 0 unspecified atom stereocenters. The van der Waals surface area contributed by atoms with E-state index in [0.717, 1.165) is 55.7 Å². The van der Waals surface area contributed by atoms with Crippen LogP contribution in [0.2, 0.25) is 0 Å². The Hall–Kier alpha value is -4.30. The summed E-state index contributed by atoms with van der Waals surface area (Å²) < 4.78 is 44.9. The summed E-state index contributed by atoms with van der Waals surface area (Å²) in [4.78, 5) is 17.7. The van der Waals surface area contributed by atoms with E-state index in [0.29, 0.717) is 24.7 Å². The van der Waals surface area contributed by atoms with E-state index in [1.165, 1.54) is 30.7 Å². The molecule has 0 saturated heterocycles. The Bertz CT molecular complexity index is 2100. The Balaban J connectivity index is 1.05. The lowest BCUT2D eigenvalue weighted by Gasteiger charge is -2.12. The number of hydrogen-bond donors (Lipinski definition) is 2. The fourth-order valence-electron chi connectivity index (χ4n) is 4.83. The van der Waals surface area contributed by atoms with Crippen molar-refractivity contribution in [3.8, 4) is 17.0 Å². The molecule has 0 aliphatic carbocycles. The monoisotopic (exact) mass is 732 g/mol. The summed E-state index contributed by atoms with van der Waals surface area (Å²) in [5.74, 6) is 1.00. The maximum atomic E-state index is 13.5. The number of benzene rings is 3. The topological polar surface area (TPSA) is 119 Å². The summed E-state index contributed by atoms with van der Waals surface area (Å²) in [6, 6.07) is 22.9. The summed E-state index contributed by atoms with van der Waals surface area (Å²) >= 11 is 5.18. The normalized spacial score (nSPS) is 11.5. The van der Waals surface area contributed by atoms with Crippen LogP contribution >= 0.6 is 27.3 Å². The smallest absolute Gasteiger partial charge is 0.196 e. The molecule has 6 aromatic rings. The molecule has 2 N–H and O–H groups in total. The molecule has 3 aromatic heterocycles. The van der Waals surface area contributed by atoms with E-state index in [4.69, 9.17) is 9.72 Å². The summed E-state index contributed by atoms with van der Waals surface area (Å²) in [6.45, 7) is 1.30. The third-order valence-electron chi connectivity index (χ3n) is 7.21. The van der Waals surface area contributed by atoms with Gasteiger partial charge in [0.05, 0.1) is 26.4 Å². The first-order valence-electron chi connectivity index (χ1n) is 14.8. The highest BCUT2D eigenvalue weighted by Gasteiger charge is 2.15. The summed E-state index contributed by atoms with van der Waals surface area (Å²) in [7, 11) is -3.39. The van der Waals surface area contributed by atoms with Gasteiger partial charge in [-0.05, 0) is 89.1 Å². The zero-order chi connectivity index (χ0) is 32.6. The molecule has 240 valence electrons. The van der Waals surface area contributed by atoms with Gasteiger partial charge in [-0.3, -0.25) is 0 Å². The van der Waals surface area contributed by atoms with Gasteiger partial charge in [-0.15, -0.1) is 11.3 Å². The number of sulfone groups is 1. The lowest BCUT2D eigenvalue weighted by atomic mass is 10.1. The van der Waals surface area contributed by atoms with Gasteiger partial charge < -0.3 is 15.4 Å². The molecule has 0 fully saturated rings. The number of hydrogen-bond acceptors (Lipinski definition) is 10. The Morgan fingerprint density at radius 3 is 2.68 bits per heavy atom. The van der Waals surface area contributed by atoms with Crippen molar-refractivity contribution in [1.29, 1.82) is 0 Å². The lowest BCUT2D eigenvalue weighted by Crippen LogP contribution is -2.24. The summed E-state index contributed by atoms with van der Waals surface area (Å²) in [5, 5.41) is 10.6. The molecule has 13 heteroatoms. The van der Waals surface area contributed by atoms with E-state index in [1.54, 1.807) is 29.5 Å². The standard InChI is InChI=1S/C34H30BrFN6O3S2/c35-28-19-26(10-12-31(28)45-20-23-5-3-6-25(36)17-23)41-34-27-18-24(9-11-29(27)39-22-40-34)30-21-46-32(42-30)7-4-13-37-15-16-47(43,44)33-8-1-2-14-38-33/h1-3,5-6,8-12,14,17-19,21-22,37H,4,7,13,15-16,20H2,(H,39,40,41). The average molecular weight is 734 g/mol. The van der Waals surface area contributed by atoms with Crippen molar-refractivity contribution in [2.45, 2.75) is 24.5 Å². The first kappa shape index (κ1) is 32.6. The van der Waals surface area contributed by atoms with Crippen molar-refractivity contribution in [1.82, 2.24) is 25.3 Å². The van der Waals surface area contributed by atoms with Gasteiger partial charge in [0.25, 0.3) is 0 Å². The molecule has 3 aromatic carbocycles. The minimum absolute atomic E-state index is 0.00293. The number of aryl methyl sites for hydroxylation is 1. The van der Waals surface area contributed by atoms with Gasteiger partial charge in [0.1, 0.15) is 30.3 Å². The van der Waals surface area contributed by atoms with E-state index in [9.17, 15) is 12.8 Å². The van der Waals surface area contributed by atoms with Crippen molar-refractivity contribution in [2.24, 2.45) is 0 Å². The van der Waals surface area contributed by atoms with Crippen LogP contribution in [0.15, 0.2) is 106 Å². The van der Waals surface area contributed by atoms with Crippen LogP contribution in [-0.2, 0) is 22.9 Å². The molecule has 9 nitrogen and oxygen atoms in total. The summed E-state index contributed by atoms with van der Waals surface area (Å²) in [5.41, 5.74) is 4.18. The number of thiazole rings is 1. The molecule has 0 aliphatic heterocycles. The van der Waals surface area contributed by atoms with Gasteiger partial charge in [-0.2, -0.15) is 0 Å². The van der Waals surface area contributed by atoms with Crippen LogP contribution in [0.5, 0.6) is 5.75 Å². The molecule has 0 bridgehead atoms. The van der Waals surface area contributed by atoms with Crippen LogP contribution in [0.1, 0.15) is 17.0 Å². The first-order chi connectivity index (χ1) is 22.8. The zero-order valence-electron chi connectivity index (χ0n) is 25.1. The van der Waals surface area contributed by atoms with Crippen LogP contribution in [0.3, 0.4) is 0 Å². The number of fused-ring (bicyclic) bond motifs is 1. The van der Waals surface area contributed by atoms with Crippen molar-refractivity contribution in [3.63, 3.8) is 0 Å². The van der Waals surface area contributed by atoms with Crippen molar-refractivity contribution >= 4 is 59.5 Å². The van der Waals surface area contributed by atoms with Gasteiger partial charge in [-0.1, -0.05) is 24.3 Å². The Kier molecular flexibility index (Phi) is 10.5. The highest BCUT2D eigenvalue weighted by Crippen LogP contribution is 2.33. The quantitative estimate of drug-likeness (QED) is 0.111. The van der Waals surface area contributed by atoms with E-state index in [-0.39, 0.29) is 23.2 Å². The third kappa shape index (κ3) is 8.55. The highest BCUT2D eigenvalue weighted by molar-refractivity contribution is 9.10. The predicted octanol–water partition coefficient (Wildman–Crippen LogP) is 7.37. The fourth-order valence-corrected chi connectivity index (χ4v) is 7.30. The number of rotatable bonds is 14. The van der Waals surface area contributed by atoms with Crippen LogP contribution < -0.4 is 15.4 Å². The molecule has 0 amide bonds. The Morgan fingerprint density at radius 1 is 0.936 bits per heavy atom. The number of ether oxygens (including phenoxy) is 1. The molecule has 6 rings (SSSR count). The lowest BCUT2D eigenvalue weighted by molar-refractivity contribution is 0.303. The number of nitrogens with zero attached hydrogens (tertiary/aromatic N) is 4. The number of pyridine rings is 1. The van der Waals surface area contributed by atoms with Gasteiger partial charge in [-0.25, -0.2) is 32.7 Å². The van der Waals surface area contributed by atoms with E-state index in [1.807, 2.05) is 47.8 Å². The van der Waals surface area contributed by atoms with Gasteiger partial charge >= 0.3 is 0 Å². The van der Waals surface area contributed by atoms with Crippen LogP contribution in [-0.4, -0.2) is 47.2 Å². The largest absolute Gasteiger partial charge is 0.488 e. The average Bonchev–Trinajstić information content (AvgIpc) is 3.55. The van der Waals surface area contributed by atoms with Gasteiger partial charge in [0.15, 0.2) is 14.9 Å². The van der Waals surface area contributed by atoms with Crippen molar-refractivity contribution in [2.75, 3.05) is 24.2 Å². The minimum Gasteiger partial charge on any atom is -0.488 e. The molecular weight excluding hydrogens is 703 g/mol. The Labute approximate surface area is 284 Å². The number of nitrogens with one attached hydrogen (secondary N) is 2. The number of anilines is 2. The fraction of sp³-hybridized carbons (Fsp3) is 0.176.